The molecule has 19 heavy (non-hydrogen) atoms. The Kier molecular flexibility index (Phi) is 4.56. The maximum atomic E-state index is 12.6. The van der Waals surface area contributed by atoms with Gasteiger partial charge in [-0.3, -0.25) is 4.79 Å². The molecule has 0 aliphatic carbocycles. The SMILES string of the molecule is CC1CN(C(=O)C(CN)c2ccccc2)CCN1C. The number of rotatable bonds is 3. The van der Waals surface area contributed by atoms with E-state index >= 15 is 0 Å². The van der Waals surface area contributed by atoms with Gasteiger partial charge in [0.1, 0.15) is 0 Å². The van der Waals surface area contributed by atoms with Gasteiger partial charge in [0.25, 0.3) is 0 Å². The van der Waals surface area contributed by atoms with Crippen molar-refractivity contribution in [1.29, 1.82) is 0 Å². The molecule has 1 aromatic rings. The summed E-state index contributed by atoms with van der Waals surface area (Å²) >= 11 is 0. The minimum atomic E-state index is -0.211. The van der Waals surface area contributed by atoms with Crippen molar-refractivity contribution in [1.82, 2.24) is 9.80 Å². The highest BCUT2D eigenvalue weighted by atomic mass is 16.2. The van der Waals surface area contributed by atoms with E-state index in [2.05, 4.69) is 18.9 Å². The first-order valence-corrected chi connectivity index (χ1v) is 6.87. The number of nitrogens with zero attached hydrogens (tertiary/aromatic N) is 2. The molecule has 104 valence electrons. The highest BCUT2D eigenvalue weighted by molar-refractivity contribution is 5.84. The van der Waals surface area contributed by atoms with Crippen molar-refractivity contribution in [3.8, 4) is 0 Å². The van der Waals surface area contributed by atoms with E-state index in [0.29, 0.717) is 12.6 Å². The highest BCUT2D eigenvalue weighted by Gasteiger charge is 2.29. The number of carbonyl (C=O) groups excluding carboxylic acids is 1. The van der Waals surface area contributed by atoms with E-state index in [-0.39, 0.29) is 11.8 Å². The quantitative estimate of drug-likeness (QED) is 0.879. The highest BCUT2D eigenvalue weighted by Crippen LogP contribution is 2.19. The standard InChI is InChI=1S/C15H23N3O/c1-12-11-18(9-8-17(12)2)15(19)14(10-16)13-6-4-3-5-7-13/h3-7,12,14H,8-11,16H2,1-2H3. The predicted octanol–water partition coefficient (Wildman–Crippen LogP) is 0.891. The second-order valence-corrected chi connectivity index (χ2v) is 5.31. The summed E-state index contributed by atoms with van der Waals surface area (Å²) < 4.78 is 0. The molecule has 1 fully saturated rings. The number of amides is 1. The van der Waals surface area contributed by atoms with Crippen LogP contribution >= 0.6 is 0 Å². The van der Waals surface area contributed by atoms with Crippen LogP contribution < -0.4 is 5.73 Å². The van der Waals surface area contributed by atoms with Crippen molar-refractivity contribution in [3.05, 3.63) is 35.9 Å². The Morgan fingerprint density at radius 3 is 2.63 bits per heavy atom. The van der Waals surface area contributed by atoms with E-state index in [0.717, 1.165) is 25.2 Å². The van der Waals surface area contributed by atoms with Gasteiger partial charge < -0.3 is 15.5 Å². The van der Waals surface area contributed by atoms with Gasteiger partial charge in [0, 0.05) is 32.2 Å². The van der Waals surface area contributed by atoms with Crippen LogP contribution in [-0.4, -0.2) is 55.0 Å². The topological polar surface area (TPSA) is 49.6 Å². The number of hydrogen-bond donors (Lipinski definition) is 1. The summed E-state index contributed by atoms with van der Waals surface area (Å²) in [6, 6.07) is 10.2. The smallest absolute Gasteiger partial charge is 0.231 e. The normalized spacial score (nSPS) is 22.3. The van der Waals surface area contributed by atoms with Crippen LogP contribution in [0.2, 0.25) is 0 Å². The van der Waals surface area contributed by atoms with Crippen molar-refractivity contribution in [2.24, 2.45) is 5.73 Å². The number of nitrogens with two attached hydrogens (primary N) is 1. The Labute approximate surface area is 115 Å². The molecule has 2 rings (SSSR count). The summed E-state index contributed by atoms with van der Waals surface area (Å²) in [6.45, 7) is 5.03. The molecule has 4 nitrogen and oxygen atoms in total. The fourth-order valence-electron chi connectivity index (χ4n) is 2.53. The fraction of sp³-hybridized carbons (Fsp3) is 0.533. The number of benzene rings is 1. The van der Waals surface area contributed by atoms with Crippen LogP contribution in [0.25, 0.3) is 0 Å². The molecule has 0 radical (unpaired) electrons. The van der Waals surface area contributed by atoms with Gasteiger partial charge in [0.2, 0.25) is 5.91 Å². The maximum Gasteiger partial charge on any atom is 0.231 e. The van der Waals surface area contributed by atoms with Gasteiger partial charge in [-0.25, -0.2) is 0 Å². The first-order chi connectivity index (χ1) is 9.13. The molecule has 0 bridgehead atoms. The van der Waals surface area contributed by atoms with Crippen LogP contribution in [0.4, 0.5) is 0 Å². The van der Waals surface area contributed by atoms with Crippen LogP contribution in [0.5, 0.6) is 0 Å². The molecular weight excluding hydrogens is 238 g/mol. The fourth-order valence-corrected chi connectivity index (χ4v) is 2.53. The van der Waals surface area contributed by atoms with Crippen molar-refractivity contribution in [3.63, 3.8) is 0 Å². The van der Waals surface area contributed by atoms with Crippen molar-refractivity contribution in [2.45, 2.75) is 18.9 Å². The summed E-state index contributed by atoms with van der Waals surface area (Å²) in [7, 11) is 2.10. The third-order valence-electron chi connectivity index (χ3n) is 4.01. The monoisotopic (exact) mass is 261 g/mol. The molecule has 2 atom stereocenters. The molecule has 1 amide bonds. The average molecular weight is 261 g/mol. The molecule has 2 unspecified atom stereocenters. The molecule has 2 N–H and O–H groups in total. The minimum absolute atomic E-state index is 0.161. The summed E-state index contributed by atoms with van der Waals surface area (Å²) in [5.74, 6) is -0.0505. The third-order valence-corrected chi connectivity index (χ3v) is 4.01. The third kappa shape index (κ3) is 3.14. The maximum absolute atomic E-state index is 12.6. The van der Waals surface area contributed by atoms with E-state index in [1.165, 1.54) is 0 Å². The van der Waals surface area contributed by atoms with Crippen molar-refractivity contribution >= 4 is 5.91 Å². The van der Waals surface area contributed by atoms with Crippen molar-refractivity contribution in [2.75, 3.05) is 33.2 Å². The Morgan fingerprint density at radius 2 is 2.05 bits per heavy atom. The number of carbonyl (C=O) groups is 1. The Balaban J connectivity index is 2.09. The van der Waals surface area contributed by atoms with Crippen LogP contribution in [0.15, 0.2) is 30.3 Å². The second-order valence-electron chi connectivity index (χ2n) is 5.31. The molecule has 1 heterocycles. The summed E-state index contributed by atoms with van der Waals surface area (Å²) in [5.41, 5.74) is 6.83. The van der Waals surface area contributed by atoms with Gasteiger partial charge in [-0.1, -0.05) is 30.3 Å². The van der Waals surface area contributed by atoms with E-state index in [4.69, 9.17) is 5.73 Å². The van der Waals surface area contributed by atoms with Crippen molar-refractivity contribution < 1.29 is 4.79 Å². The zero-order valence-electron chi connectivity index (χ0n) is 11.7. The van der Waals surface area contributed by atoms with E-state index in [9.17, 15) is 4.79 Å². The van der Waals surface area contributed by atoms with Crippen LogP contribution in [0, 0.1) is 0 Å². The molecule has 0 spiro atoms. The van der Waals surface area contributed by atoms with Gasteiger partial charge in [-0.2, -0.15) is 0 Å². The minimum Gasteiger partial charge on any atom is -0.339 e. The lowest BCUT2D eigenvalue weighted by molar-refractivity contribution is -0.135. The number of hydrogen-bond acceptors (Lipinski definition) is 3. The summed E-state index contributed by atoms with van der Waals surface area (Å²) in [4.78, 5) is 16.8. The van der Waals surface area contributed by atoms with E-state index in [1.54, 1.807) is 0 Å². The molecular formula is C15H23N3O. The van der Waals surface area contributed by atoms with Gasteiger partial charge in [0.15, 0.2) is 0 Å². The van der Waals surface area contributed by atoms with Gasteiger partial charge in [0.05, 0.1) is 5.92 Å². The molecule has 4 heteroatoms. The number of piperazine rings is 1. The van der Waals surface area contributed by atoms with E-state index in [1.807, 2.05) is 35.2 Å². The molecule has 0 saturated carbocycles. The first-order valence-electron chi connectivity index (χ1n) is 6.87. The molecule has 1 aromatic carbocycles. The molecule has 1 aliphatic heterocycles. The Morgan fingerprint density at radius 1 is 1.37 bits per heavy atom. The first kappa shape index (κ1) is 14.0. The van der Waals surface area contributed by atoms with Gasteiger partial charge in [-0.15, -0.1) is 0 Å². The van der Waals surface area contributed by atoms with Crippen LogP contribution in [-0.2, 0) is 4.79 Å². The predicted molar refractivity (Wildman–Crippen MR) is 76.9 cm³/mol. The van der Waals surface area contributed by atoms with Gasteiger partial charge >= 0.3 is 0 Å². The average Bonchev–Trinajstić information content (AvgIpc) is 2.44. The lowest BCUT2D eigenvalue weighted by Gasteiger charge is -2.39. The Bertz CT molecular complexity index is 421. The van der Waals surface area contributed by atoms with E-state index < -0.39 is 0 Å². The lowest BCUT2D eigenvalue weighted by atomic mass is 9.97. The van der Waals surface area contributed by atoms with Gasteiger partial charge in [-0.05, 0) is 19.5 Å². The molecule has 0 aromatic heterocycles. The zero-order chi connectivity index (χ0) is 13.8. The van der Waals surface area contributed by atoms with Crippen LogP contribution in [0.3, 0.4) is 0 Å². The summed E-state index contributed by atoms with van der Waals surface area (Å²) in [5, 5.41) is 0. The van der Waals surface area contributed by atoms with Crippen LogP contribution in [0.1, 0.15) is 18.4 Å². The zero-order valence-corrected chi connectivity index (χ0v) is 11.7. The largest absolute Gasteiger partial charge is 0.339 e. The lowest BCUT2D eigenvalue weighted by Crippen LogP contribution is -2.53. The molecule has 1 aliphatic rings. The summed E-state index contributed by atoms with van der Waals surface area (Å²) in [6.07, 6.45) is 0. The molecule has 1 saturated heterocycles. The Hall–Kier alpha value is -1.39. The second kappa shape index (κ2) is 6.17. The number of likely N-dealkylation sites (N-methyl/N-ethyl adjacent to an activating group) is 1.